The maximum absolute atomic E-state index is 12.7. The molecule has 2 rings (SSSR count). The zero-order valence-electron chi connectivity index (χ0n) is 16.1. The SMILES string of the molecule is CCC(N)(CC)CNC(=O)c1ccccc1-c1nc(C(C)(C)C)no1.Cl. The van der Waals surface area contributed by atoms with Crippen LogP contribution in [0, 0.1) is 0 Å². The van der Waals surface area contributed by atoms with Crippen LogP contribution >= 0.6 is 12.4 Å². The van der Waals surface area contributed by atoms with Gasteiger partial charge in [0.2, 0.25) is 0 Å². The van der Waals surface area contributed by atoms with Gasteiger partial charge in [0.25, 0.3) is 11.8 Å². The maximum atomic E-state index is 12.7. The Balaban J connectivity index is 0.00000338. The quantitative estimate of drug-likeness (QED) is 0.796. The van der Waals surface area contributed by atoms with Gasteiger partial charge in [0.05, 0.1) is 11.1 Å². The molecule has 0 bridgehead atoms. The monoisotopic (exact) mass is 380 g/mol. The number of nitrogens with two attached hydrogens (primary N) is 1. The van der Waals surface area contributed by atoms with E-state index in [2.05, 4.69) is 15.5 Å². The molecule has 0 saturated carbocycles. The van der Waals surface area contributed by atoms with Gasteiger partial charge in [0.15, 0.2) is 5.82 Å². The smallest absolute Gasteiger partial charge is 0.258 e. The molecular formula is C19H29ClN4O2. The Morgan fingerprint density at radius 3 is 2.35 bits per heavy atom. The summed E-state index contributed by atoms with van der Waals surface area (Å²) < 4.78 is 5.39. The number of carbonyl (C=O) groups excluding carboxylic acids is 1. The van der Waals surface area contributed by atoms with E-state index < -0.39 is 5.54 Å². The van der Waals surface area contributed by atoms with Crippen molar-refractivity contribution in [3.05, 3.63) is 35.7 Å². The highest BCUT2D eigenvalue weighted by Gasteiger charge is 2.25. The molecule has 3 N–H and O–H groups in total. The van der Waals surface area contributed by atoms with Crippen LogP contribution in [0.15, 0.2) is 28.8 Å². The van der Waals surface area contributed by atoms with Crippen LogP contribution in [0.2, 0.25) is 0 Å². The van der Waals surface area contributed by atoms with E-state index in [1.54, 1.807) is 6.07 Å². The first kappa shape index (κ1) is 22.1. The van der Waals surface area contributed by atoms with E-state index in [4.69, 9.17) is 10.3 Å². The van der Waals surface area contributed by atoms with E-state index in [0.717, 1.165) is 12.8 Å². The number of hydrogen-bond acceptors (Lipinski definition) is 5. The summed E-state index contributed by atoms with van der Waals surface area (Å²) in [6, 6.07) is 7.22. The molecule has 7 heteroatoms. The molecule has 0 unspecified atom stereocenters. The van der Waals surface area contributed by atoms with Gasteiger partial charge in [-0.1, -0.05) is 51.9 Å². The maximum Gasteiger partial charge on any atom is 0.258 e. The topological polar surface area (TPSA) is 94.0 Å². The van der Waals surface area contributed by atoms with E-state index in [1.807, 2.05) is 52.8 Å². The zero-order chi connectivity index (χ0) is 18.7. The molecule has 1 aromatic carbocycles. The van der Waals surface area contributed by atoms with E-state index in [-0.39, 0.29) is 23.7 Å². The van der Waals surface area contributed by atoms with Crippen molar-refractivity contribution in [1.29, 1.82) is 0 Å². The Kier molecular flexibility index (Phi) is 7.35. The van der Waals surface area contributed by atoms with Crippen LogP contribution in [0.1, 0.15) is 63.6 Å². The summed E-state index contributed by atoms with van der Waals surface area (Å²) in [6.07, 6.45) is 1.59. The molecule has 0 atom stereocenters. The molecule has 6 nitrogen and oxygen atoms in total. The number of nitrogens with one attached hydrogen (secondary N) is 1. The second-order valence-electron chi connectivity index (χ2n) is 7.47. The minimum Gasteiger partial charge on any atom is -0.350 e. The molecule has 26 heavy (non-hydrogen) atoms. The van der Waals surface area contributed by atoms with Gasteiger partial charge < -0.3 is 15.6 Å². The van der Waals surface area contributed by atoms with Gasteiger partial charge in [-0.15, -0.1) is 12.4 Å². The van der Waals surface area contributed by atoms with Crippen LogP contribution in [0.3, 0.4) is 0 Å². The van der Waals surface area contributed by atoms with E-state index in [9.17, 15) is 4.79 Å². The lowest BCUT2D eigenvalue weighted by molar-refractivity contribution is 0.0942. The average Bonchev–Trinajstić information content (AvgIpc) is 3.09. The summed E-state index contributed by atoms with van der Waals surface area (Å²) in [5.41, 5.74) is 6.78. The summed E-state index contributed by atoms with van der Waals surface area (Å²) in [5, 5.41) is 6.97. The molecule has 0 aliphatic rings. The molecule has 0 saturated heterocycles. The number of halogens is 1. The molecule has 2 aromatic rings. The van der Waals surface area contributed by atoms with Crippen LogP contribution < -0.4 is 11.1 Å². The lowest BCUT2D eigenvalue weighted by Crippen LogP contribution is -2.49. The Morgan fingerprint density at radius 1 is 1.19 bits per heavy atom. The highest BCUT2D eigenvalue weighted by Crippen LogP contribution is 2.26. The number of rotatable bonds is 6. The van der Waals surface area contributed by atoms with E-state index >= 15 is 0 Å². The molecular weight excluding hydrogens is 352 g/mol. The molecule has 1 amide bonds. The minimum atomic E-state index is -0.394. The van der Waals surface area contributed by atoms with Gasteiger partial charge in [-0.25, -0.2) is 0 Å². The third kappa shape index (κ3) is 5.05. The molecule has 1 heterocycles. The van der Waals surface area contributed by atoms with Crippen LogP contribution in [-0.4, -0.2) is 28.1 Å². The Hall–Kier alpha value is -1.92. The lowest BCUT2D eigenvalue weighted by Gasteiger charge is -2.26. The first-order valence-electron chi connectivity index (χ1n) is 8.71. The van der Waals surface area contributed by atoms with Gasteiger partial charge in [0.1, 0.15) is 0 Å². The fraction of sp³-hybridized carbons (Fsp3) is 0.526. The Labute approximate surface area is 161 Å². The molecule has 0 fully saturated rings. The van der Waals surface area contributed by atoms with Crippen molar-refractivity contribution in [2.24, 2.45) is 5.73 Å². The number of amides is 1. The van der Waals surface area contributed by atoms with Gasteiger partial charge in [0, 0.05) is 17.5 Å². The van der Waals surface area contributed by atoms with Crippen LogP contribution in [-0.2, 0) is 5.41 Å². The van der Waals surface area contributed by atoms with Crippen LogP contribution in [0.25, 0.3) is 11.5 Å². The fourth-order valence-electron chi connectivity index (χ4n) is 2.36. The first-order valence-corrected chi connectivity index (χ1v) is 8.71. The summed E-state index contributed by atoms with van der Waals surface area (Å²) in [5.74, 6) is 0.763. The molecule has 144 valence electrons. The highest BCUT2D eigenvalue weighted by molar-refractivity contribution is 6.00. The standard InChI is InChI=1S/C19H28N4O2.ClH/c1-6-19(20,7-2)12-21-15(24)13-10-8-9-11-14(13)16-22-17(23-25-16)18(3,4)5;/h8-11H,6-7,12,20H2,1-5H3,(H,21,24);1H. The van der Waals surface area contributed by atoms with E-state index in [1.165, 1.54) is 0 Å². The van der Waals surface area contributed by atoms with Crippen molar-refractivity contribution >= 4 is 18.3 Å². The summed E-state index contributed by atoms with van der Waals surface area (Å²) in [4.78, 5) is 17.1. The van der Waals surface area contributed by atoms with Gasteiger partial charge in [-0.2, -0.15) is 4.98 Å². The van der Waals surface area contributed by atoms with Gasteiger partial charge in [-0.05, 0) is 25.0 Å². The first-order chi connectivity index (χ1) is 11.7. The van der Waals surface area contributed by atoms with Crippen molar-refractivity contribution in [2.75, 3.05) is 6.54 Å². The van der Waals surface area contributed by atoms with Crippen molar-refractivity contribution in [1.82, 2.24) is 15.5 Å². The third-order valence-electron chi connectivity index (χ3n) is 4.51. The summed E-state index contributed by atoms with van der Waals surface area (Å²) in [7, 11) is 0. The van der Waals surface area contributed by atoms with Crippen LogP contribution in [0.5, 0.6) is 0 Å². The molecule has 0 aliphatic heterocycles. The summed E-state index contributed by atoms with van der Waals surface area (Å²) in [6.45, 7) is 10.5. The largest absolute Gasteiger partial charge is 0.350 e. The predicted molar refractivity (Wildman–Crippen MR) is 106 cm³/mol. The normalized spacial score (nSPS) is 11.8. The number of benzene rings is 1. The molecule has 1 aromatic heterocycles. The predicted octanol–water partition coefficient (Wildman–Crippen LogP) is 3.70. The molecule has 0 radical (unpaired) electrons. The average molecular weight is 381 g/mol. The summed E-state index contributed by atoms with van der Waals surface area (Å²) >= 11 is 0. The molecule has 0 spiro atoms. The molecule has 0 aliphatic carbocycles. The van der Waals surface area contributed by atoms with Crippen molar-refractivity contribution in [2.45, 2.75) is 58.4 Å². The Bertz CT molecular complexity index is 733. The van der Waals surface area contributed by atoms with E-state index in [0.29, 0.717) is 29.4 Å². The minimum absolute atomic E-state index is 0. The zero-order valence-corrected chi connectivity index (χ0v) is 16.9. The number of aromatic nitrogens is 2. The van der Waals surface area contributed by atoms with Crippen LogP contribution in [0.4, 0.5) is 0 Å². The fourth-order valence-corrected chi connectivity index (χ4v) is 2.36. The lowest BCUT2D eigenvalue weighted by atomic mass is 9.94. The second kappa shape index (κ2) is 8.64. The van der Waals surface area contributed by atoms with Gasteiger partial charge in [-0.3, -0.25) is 4.79 Å². The van der Waals surface area contributed by atoms with Crippen molar-refractivity contribution < 1.29 is 9.32 Å². The number of hydrogen-bond donors (Lipinski definition) is 2. The highest BCUT2D eigenvalue weighted by atomic mass is 35.5. The Morgan fingerprint density at radius 2 is 1.81 bits per heavy atom. The van der Waals surface area contributed by atoms with Crippen molar-refractivity contribution in [3.63, 3.8) is 0 Å². The third-order valence-corrected chi connectivity index (χ3v) is 4.51. The van der Waals surface area contributed by atoms with Gasteiger partial charge >= 0.3 is 0 Å². The second-order valence-corrected chi connectivity index (χ2v) is 7.47. The number of carbonyl (C=O) groups is 1. The number of nitrogens with zero attached hydrogens (tertiary/aromatic N) is 2. The van der Waals surface area contributed by atoms with Crippen molar-refractivity contribution in [3.8, 4) is 11.5 Å².